The topological polar surface area (TPSA) is 83.4 Å². The lowest BCUT2D eigenvalue weighted by Crippen LogP contribution is -2.44. The number of fused-ring (bicyclic) bond motifs is 1. The molecule has 2 aliphatic rings. The number of likely N-dealkylation sites (N-methyl/N-ethyl adjacent to an activating group) is 1. The zero-order valence-corrected chi connectivity index (χ0v) is 17.5. The van der Waals surface area contributed by atoms with Crippen LogP contribution in [0, 0.1) is 5.82 Å². The molecule has 158 valence electrons. The van der Waals surface area contributed by atoms with E-state index in [-0.39, 0.29) is 10.7 Å². The number of thioether (sulfide) groups is 1. The summed E-state index contributed by atoms with van der Waals surface area (Å²) in [5, 5.41) is 1.82. The van der Waals surface area contributed by atoms with E-state index in [1.54, 1.807) is 35.2 Å². The number of hydrogen-bond acceptors (Lipinski definition) is 7. The van der Waals surface area contributed by atoms with E-state index < -0.39 is 11.1 Å². The minimum Gasteiger partial charge on any atom is -0.367 e. The molecule has 2 aromatic heterocycles. The zero-order chi connectivity index (χ0) is 21.5. The Bertz CT molecular complexity index is 1230. The Morgan fingerprint density at radius 2 is 1.94 bits per heavy atom. The summed E-state index contributed by atoms with van der Waals surface area (Å²) in [5.74, 6) is -0.730. The van der Waals surface area contributed by atoms with Gasteiger partial charge in [0.25, 0.3) is 11.1 Å². The van der Waals surface area contributed by atoms with Crippen LogP contribution in [0.2, 0.25) is 0 Å². The number of anilines is 1. The van der Waals surface area contributed by atoms with Gasteiger partial charge in [0.15, 0.2) is 5.65 Å². The molecule has 2 fully saturated rings. The van der Waals surface area contributed by atoms with E-state index in [0.717, 1.165) is 37.9 Å². The third-order valence-electron chi connectivity index (χ3n) is 5.39. The van der Waals surface area contributed by atoms with Gasteiger partial charge in [0.1, 0.15) is 17.7 Å². The Kier molecular flexibility index (Phi) is 4.95. The van der Waals surface area contributed by atoms with Gasteiger partial charge in [-0.25, -0.2) is 14.4 Å². The van der Waals surface area contributed by atoms with Crippen LogP contribution in [0.3, 0.4) is 0 Å². The lowest BCUT2D eigenvalue weighted by atomic mass is 10.2. The minimum absolute atomic E-state index is 0.283. The van der Waals surface area contributed by atoms with E-state index in [0.29, 0.717) is 28.2 Å². The molecular weight excluding hydrogens is 419 g/mol. The number of carbonyl (C=O) groups is 2. The van der Waals surface area contributed by atoms with Crippen LogP contribution < -0.4 is 10.2 Å². The Hall–Kier alpha value is -3.24. The van der Waals surface area contributed by atoms with Gasteiger partial charge in [0.05, 0.1) is 22.0 Å². The maximum Gasteiger partial charge on any atom is 0.290 e. The average Bonchev–Trinajstić information content (AvgIpc) is 3.31. The quantitative estimate of drug-likeness (QED) is 0.630. The molecule has 1 aromatic carbocycles. The number of amides is 2. The SMILES string of the molecule is CN1CCN(c2ccc(-n3cnc4ccc(C=C5SC(=O)NC5=O)nc43)cc2F)CC1. The highest BCUT2D eigenvalue weighted by molar-refractivity contribution is 8.18. The van der Waals surface area contributed by atoms with Gasteiger partial charge in [-0.2, -0.15) is 0 Å². The molecule has 2 aliphatic heterocycles. The number of aromatic nitrogens is 3. The summed E-state index contributed by atoms with van der Waals surface area (Å²) < 4.78 is 16.7. The fraction of sp³-hybridized carbons (Fsp3) is 0.238. The first-order valence-corrected chi connectivity index (χ1v) is 10.6. The van der Waals surface area contributed by atoms with Crippen LogP contribution in [0.15, 0.2) is 41.6 Å². The van der Waals surface area contributed by atoms with Crippen molar-refractivity contribution in [2.75, 3.05) is 38.1 Å². The predicted molar refractivity (Wildman–Crippen MR) is 118 cm³/mol. The van der Waals surface area contributed by atoms with Crippen molar-refractivity contribution in [3.63, 3.8) is 0 Å². The number of nitrogens with zero attached hydrogens (tertiary/aromatic N) is 5. The number of nitrogens with one attached hydrogen (secondary N) is 1. The third-order valence-corrected chi connectivity index (χ3v) is 6.20. The van der Waals surface area contributed by atoms with Crippen LogP contribution in [0.1, 0.15) is 5.69 Å². The van der Waals surface area contributed by atoms with Gasteiger partial charge in [0.2, 0.25) is 0 Å². The number of piperazine rings is 1. The van der Waals surface area contributed by atoms with E-state index in [1.165, 1.54) is 6.07 Å². The monoisotopic (exact) mass is 438 g/mol. The minimum atomic E-state index is -0.438. The molecule has 5 rings (SSSR count). The lowest BCUT2D eigenvalue weighted by Gasteiger charge is -2.34. The van der Waals surface area contributed by atoms with Crippen LogP contribution >= 0.6 is 11.8 Å². The number of carbonyl (C=O) groups excluding carboxylic acids is 2. The van der Waals surface area contributed by atoms with Crippen molar-refractivity contribution < 1.29 is 14.0 Å². The van der Waals surface area contributed by atoms with E-state index in [9.17, 15) is 14.0 Å². The van der Waals surface area contributed by atoms with E-state index in [1.807, 2.05) is 6.07 Å². The maximum atomic E-state index is 15.0. The maximum absolute atomic E-state index is 15.0. The highest BCUT2D eigenvalue weighted by Gasteiger charge is 2.25. The molecule has 31 heavy (non-hydrogen) atoms. The molecule has 0 saturated carbocycles. The smallest absolute Gasteiger partial charge is 0.290 e. The normalized spacial score (nSPS) is 18.9. The third kappa shape index (κ3) is 3.79. The van der Waals surface area contributed by atoms with Crippen LogP contribution in [-0.2, 0) is 4.79 Å². The molecule has 2 amide bonds. The van der Waals surface area contributed by atoms with Gasteiger partial charge in [-0.05, 0) is 49.2 Å². The second-order valence-corrected chi connectivity index (χ2v) is 8.49. The second kappa shape index (κ2) is 7.78. The van der Waals surface area contributed by atoms with Crippen molar-refractivity contribution in [3.8, 4) is 5.69 Å². The number of imidazole rings is 1. The molecular formula is C21H19FN6O2S. The van der Waals surface area contributed by atoms with Crippen molar-refractivity contribution in [1.29, 1.82) is 0 Å². The fourth-order valence-electron chi connectivity index (χ4n) is 3.68. The van der Waals surface area contributed by atoms with Gasteiger partial charge >= 0.3 is 0 Å². The number of hydrogen-bond donors (Lipinski definition) is 1. The Morgan fingerprint density at radius 1 is 1.13 bits per heavy atom. The Morgan fingerprint density at radius 3 is 2.65 bits per heavy atom. The van der Waals surface area contributed by atoms with Crippen molar-refractivity contribution in [3.05, 3.63) is 53.1 Å². The molecule has 2 saturated heterocycles. The fourth-order valence-corrected chi connectivity index (χ4v) is 4.35. The molecule has 8 nitrogen and oxygen atoms in total. The van der Waals surface area contributed by atoms with Crippen molar-refractivity contribution in [2.45, 2.75) is 0 Å². The van der Waals surface area contributed by atoms with Crippen molar-refractivity contribution in [1.82, 2.24) is 24.8 Å². The van der Waals surface area contributed by atoms with Crippen LogP contribution in [0.5, 0.6) is 0 Å². The molecule has 0 atom stereocenters. The molecule has 0 radical (unpaired) electrons. The lowest BCUT2D eigenvalue weighted by molar-refractivity contribution is -0.115. The van der Waals surface area contributed by atoms with E-state index in [4.69, 9.17) is 0 Å². The molecule has 0 bridgehead atoms. The van der Waals surface area contributed by atoms with E-state index >= 15 is 0 Å². The number of benzene rings is 1. The van der Waals surface area contributed by atoms with Crippen LogP contribution in [-0.4, -0.2) is 63.8 Å². The van der Waals surface area contributed by atoms with Crippen LogP contribution in [0.4, 0.5) is 14.9 Å². The first-order chi connectivity index (χ1) is 15.0. The van der Waals surface area contributed by atoms with Crippen LogP contribution in [0.25, 0.3) is 22.9 Å². The molecule has 3 aromatic rings. The Balaban J connectivity index is 1.47. The second-order valence-electron chi connectivity index (χ2n) is 7.47. The summed E-state index contributed by atoms with van der Waals surface area (Å²) in [5.41, 5.74) is 2.89. The van der Waals surface area contributed by atoms with Gasteiger partial charge in [0, 0.05) is 32.2 Å². The van der Waals surface area contributed by atoms with Gasteiger partial charge in [-0.3, -0.25) is 19.5 Å². The van der Waals surface area contributed by atoms with Gasteiger partial charge in [-0.1, -0.05) is 0 Å². The van der Waals surface area contributed by atoms with E-state index in [2.05, 4.69) is 32.1 Å². The van der Waals surface area contributed by atoms with Crippen molar-refractivity contribution >= 4 is 45.8 Å². The highest BCUT2D eigenvalue weighted by Crippen LogP contribution is 2.27. The average molecular weight is 438 g/mol. The summed E-state index contributed by atoms with van der Waals surface area (Å²) in [7, 11) is 2.06. The van der Waals surface area contributed by atoms with Crippen molar-refractivity contribution in [2.24, 2.45) is 0 Å². The zero-order valence-electron chi connectivity index (χ0n) is 16.7. The molecule has 10 heteroatoms. The summed E-state index contributed by atoms with van der Waals surface area (Å²) in [6.07, 6.45) is 3.15. The first-order valence-electron chi connectivity index (χ1n) is 9.80. The number of imide groups is 1. The largest absolute Gasteiger partial charge is 0.367 e. The van der Waals surface area contributed by atoms with Gasteiger partial charge in [-0.15, -0.1) is 0 Å². The first kappa shape index (κ1) is 19.7. The summed E-state index contributed by atoms with van der Waals surface area (Å²) in [6.45, 7) is 3.37. The number of halogens is 1. The molecule has 0 spiro atoms. The number of pyridine rings is 1. The standard InChI is InChI=1S/C21H19FN6O2S/c1-26-6-8-27(9-7-26)17-5-3-14(11-15(17)22)28-12-23-16-4-2-13(24-19(16)28)10-18-20(29)25-21(30)31-18/h2-5,10-12H,6-9H2,1H3,(H,25,29,30). The Labute approximate surface area is 181 Å². The van der Waals surface area contributed by atoms with Gasteiger partial charge < -0.3 is 9.80 Å². The summed E-state index contributed by atoms with van der Waals surface area (Å²) in [6, 6.07) is 8.63. The summed E-state index contributed by atoms with van der Waals surface area (Å²) in [4.78, 5) is 36.6. The molecule has 4 heterocycles. The predicted octanol–water partition coefficient (Wildman–Crippen LogP) is 2.64. The molecule has 1 N–H and O–H groups in total. The summed E-state index contributed by atoms with van der Waals surface area (Å²) >= 11 is 0.836. The number of rotatable bonds is 3. The molecule has 0 aliphatic carbocycles. The highest BCUT2D eigenvalue weighted by atomic mass is 32.2. The molecule has 0 unspecified atom stereocenters.